The maximum absolute atomic E-state index is 13.2. The van der Waals surface area contributed by atoms with Crippen LogP contribution in [0.25, 0.3) is 11.0 Å². The highest BCUT2D eigenvalue weighted by molar-refractivity contribution is 9.10. The first-order chi connectivity index (χ1) is 15.9. The van der Waals surface area contributed by atoms with Crippen LogP contribution in [0.5, 0.6) is 0 Å². The number of fused-ring (bicyclic) bond motifs is 1. The van der Waals surface area contributed by atoms with Gasteiger partial charge in [-0.15, -0.1) is 0 Å². The molecule has 0 radical (unpaired) electrons. The Balaban J connectivity index is 1.24. The summed E-state index contributed by atoms with van der Waals surface area (Å²) in [4.78, 5) is 0.199. The fraction of sp³-hybridized carbons (Fsp3) is 0.208. The van der Waals surface area contributed by atoms with Crippen molar-refractivity contribution in [3.05, 3.63) is 88.3 Å². The molecule has 172 valence electrons. The molecule has 0 bridgehead atoms. The van der Waals surface area contributed by atoms with E-state index in [1.165, 1.54) is 12.1 Å². The largest absolute Gasteiger partial charge is 0.356 e. The number of hydrogen-bond donors (Lipinski definition) is 2. The number of benzene rings is 3. The summed E-state index contributed by atoms with van der Waals surface area (Å²) in [5.74, 6) is -0.334. The number of hydrogen-bond acceptors (Lipinski definition) is 5. The van der Waals surface area contributed by atoms with Crippen molar-refractivity contribution in [1.82, 2.24) is 10.5 Å². The molecule has 0 aliphatic heterocycles. The van der Waals surface area contributed by atoms with Gasteiger partial charge in [0.1, 0.15) is 5.82 Å². The predicted octanol–water partition coefficient (Wildman–Crippen LogP) is 5.64. The molecule has 1 aromatic heterocycles. The molecular weight excluding hydrogens is 509 g/mol. The number of nitrogens with one attached hydrogen (secondary N) is 2. The third-order valence-corrected chi connectivity index (χ3v) is 7.01. The van der Waals surface area contributed by atoms with Crippen molar-refractivity contribution in [3.8, 4) is 0 Å². The molecule has 0 unspecified atom stereocenters. The molecule has 0 atom stereocenters. The van der Waals surface area contributed by atoms with E-state index in [4.69, 9.17) is 4.52 Å². The maximum atomic E-state index is 13.2. The summed E-state index contributed by atoms with van der Waals surface area (Å²) < 4.78 is 47.0. The van der Waals surface area contributed by atoms with Crippen LogP contribution in [0.1, 0.15) is 24.1 Å². The molecule has 0 aliphatic carbocycles. The minimum absolute atomic E-state index is 0.199. The van der Waals surface area contributed by atoms with Gasteiger partial charge in [-0.3, -0.25) is 4.72 Å². The van der Waals surface area contributed by atoms with E-state index in [1.54, 1.807) is 36.4 Å². The molecule has 0 saturated carbocycles. The van der Waals surface area contributed by atoms with Gasteiger partial charge in [-0.2, -0.15) is 0 Å². The van der Waals surface area contributed by atoms with Gasteiger partial charge >= 0.3 is 0 Å². The Kier molecular flexibility index (Phi) is 7.42. The van der Waals surface area contributed by atoms with Gasteiger partial charge in [0.2, 0.25) is 0 Å². The van der Waals surface area contributed by atoms with Crippen LogP contribution in [0.15, 0.2) is 80.6 Å². The second kappa shape index (κ2) is 10.5. The smallest absolute Gasteiger partial charge is 0.261 e. The highest BCUT2D eigenvalue weighted by Crippen LogP contribution is 2.22. The van der Waals surface area contributed by atoms with Crippen LogP contribution in [0, 0.1) is 5.82 Å². The van der Waals surface area contributed by atoms with E-state index >= 15 is 0 Å². The van der Waals surface area contributed by atoms with Crippen molar-refractivity contribution in [2.45, 2.75) is 30.7 Å². The lowest BCUT2D eigenvalue weighted by Crippen LogP contribution is -2.16. The topological polar surface area (TPSA) is 84.2 Å². The summed E-state index contributed by atoms with van der Waals surface area (Å²) in [5.41, 5.74) is 2.81. The van der Waals surface area contributed by atoms with Crippen LogP contribution in [0.2, 0.25) is 0 Å². The number of rotatable bonds is 10. The monoisotopic (exact) mass is 531 g/mol. The van der Waals surface area contributed by atoms with Gasteiger partial charge in [-0.05, 0) is 73.8 Å². The highest BCUT2D eigenvalue weighted by Gasteiger charge is 2.14. The summed E-state index contributed by atoms with van der Waals surface area (Å²) in [5, 5.41) is 8.28. The molecule has 0 aliphatic rings. The third-order valence-electron chi connectivity index (χ3n) is 5.14. The standard InChI is InChI=1S/C24H23BrFN3O3S/c25-18-6-4-8-21(14-18)33(30,31)29-20-7-3-5-17(13-20)16-27-12-2-1-9-23-22-11-10-19(26)15-24(22)32-28-23/h3-8,10-11,13-15,27,29H,1-2,9,12,16H2. The summed E-state index contributed by atoms with van der Waals surface area (Å²) in [6, 6.07) is 18.4. The van der Waals surface area contributed by atoms with Gasteiger partial charge in [0.15, 0.2) is 5.58 Å². The first kappa shape index (κ1) is 23.4. The SMILES string of the molecule is O=S(=O)(Nc1cccc(CNCCCCc2noc3cc(F)ccc23)c1)c1cccc(Br)c1. The molecule has 0 fully saturated rings. The number of anilines is 1. The van der Waals surface area contributed by atoms with Crippen molar-refractivity contribution in [2.75, 3.05) is 11.3 Å². The fourth-order valence-electron chi connectivity index (χ4n) is 3.51. The molecule has 6 nitrogen and oxygen atoms in total. The Hall–Kier alpha value is -2.75. The average molecular weight is 532 g/mol. The number of halogens is 2. The lowest BCUT2D eigenvalue weighted by Gasteiger charge is -2.10. The second-order valence-electron chi connectivity index (χ2n) is 7.67. The van der Waals surface area contributed by atoms with Crippen LogP contribution in [0.4, 0.5) is 10.1 Å². The van der Waals surface area contributed by atoms with Crippen molar-refractivity contribution in [2.24, 2.45) is 0 Å². The van der Waals surface area contributed by atoms with E-state index < -0.39 is 10.0 Å². The van der Waals surface area contributed by atoms with Gasteiger partial charge in [0.25, 0.3) is 10.0 Å². The van der Waals surface area contributed by atoms with Crippen molar-refractivity contribution in [3.63, 3.8) is 0 Å². The van der Waals surface area contributed by atoms with E-state index in [0.29, 0.717) is 22.3 Å². The van der Waals surface area contributed by atoms with Crippen molar-refractivity contribution >= 4 is 42.6 Å². The summed E-state index contributed by atoms with van der Waals surface area (Å²) in [6.07, 6.45) is 2.61. The zero-order valence-corrected chi connectivity index (χ0v) is 20.1. The van der Waals surface area contributed by atoms with E-state index in [-0.39, 0.29) is 10.7 Å². The summed E-state index contributed by atoms with van der Waals surface area (Å²) >= 11 is 3.30. The Bertz CT molecular complexity index is 1360. The van der Waals surface area contributed by atoms with Crippen LogP contribution in [-0.2, 0) is 23.0 Å². The van der Waals surface area contributed by atoms with Gasteiger partial charge in [0.05, 0.1) is 10.6 Å². The number of nitrogens with zero attached hydrogens (tertiary/aromatic N) is 1. The summed E-state index contributed by atoms with van der Waals surface area (Å²) in [6.45, 7) is 1.43. The van der Waals surface area contributed by atoms with Crippen LogP contribution in [-0.4, -0.2) is 20.1 Å². The molecule has 0 saturated heterocycles. The summed E-state index contributed by atoms with van der Waals surface area (Å²) in [7, 11) is -3.66. The normalized spacial score (nSPS) is 11.7. The zero-order valence-electron chi connectivity index (χ0n) is 17.7. The van der Waals surface area contributed by atoms with Crippen molar-refractivity contribution < 1.29 is 17.3 Å². The fourth-order valence-corrected chi connectivity index (χ4v) is 5.16. The minimum Gasteiger partial charge on any atom is -0.356 e. The molecule has 0 spiro atoms. The Morgan fingerprint density at radius 1 is 1.00 bits per heavy atom. The molecule has 4 rings (SSSR count). The number of aromatic nitrogens is 1. The molecule has 33 heavy (non-hydrogen) atoms. The van der Waals surface area contributed by atoms with E-state index in [2.05, 4.69) is 31.1 Å². The van der Waals surface area contributed by atoms with E-state index in [1.807, 2.05) is 18.2 Å². The predicted molar refractivity (Wildman–Crippen MR) is 130 cm³/mol. The quantitative estimate of drug-likeness (QED) is 0.258. The van der Waals surface area contributed by atoms with Gasteiger partial charge in [-0.1, -0.05) is 39.3 Å². The molecule has 0 amide bonds. The van der Waals surface area contributed by atoms with E-state index in [0.717, 1.165) is 42.5 Å². The zero-order chi connectivity index (χ0) is 23.3. The Morgan fingerprint density at radius 2 is 1.85 bits per heavy atom. The van der Waals surface area contributed by atoms with Crippen LogP contribution < -0.4 is 10.0 Å². The second-order valence-corrected chi connectivity index (χ2v) is 10.3. The molecule has 1 heterocycles. The molecule has 9 heteroatoms. The molecule has 2 N–H and O–H groups in total. The van der Waals surface area contributed by atoms with Gasteiger partial charge in [-0.25, -0.2) is 12.8 Å². The van der Waals surface area contributed by atoms with Crippen LogP contribution in [0.3, 0.4) is 0 Å². The van der Waals surface area contributed by atoms with Crippen molar-refractivity contribution in [1.29, 1.82) is 0 Å². The lowest BCUT2D eigenvalue weighted by atomic mass is 10.1. The van der Waals surface area contributed by atoms with E-state index in [9.17, 15) is 12.8 Å². The first-order valence-electron chi connectivity index (χ1n) is 10.5. The van der Waals surface area contributed by atoms with Gasteiger partial charge < -0.3 is 9.84 Å². The molecule has 3 aromatic carbocycles. The first-order valence-corrected chi connectivity index (χ1v) is 12.8. The maximum Gasteiger partial charge on any atom is 0.261 e. The Morgan fingerprint density at radius 3 is 2.70 bits per heavy atom. The lowest BCUT2D eigenvalue weighted by molar-refractivity contribution is 0.442. The van der Waals surface area contributed by atoms with Crippen LogP contribution >= 0.6 is 15.9 Å². The van der Waals surface area contributed by atoms with Gasteiger partial charge in [0, 0.05) is 28.2 Å². The minimum atomic E-state index is -3.66. The average Bonchev–Trinajstić information content (AvgIpc) is 3.18. The highest BCUT2D eigenvalue weighted by atomic mass is 79.9. The number of unbranched alkanes of at least 4 members (excludes halogenated alkanes) is 1. The molecular formula is C24H23BrFN3O3S. The third kappa shape index (κ3) is 6.19. The number of aryl methyl sites for hydroxylation is 1. The number of sulfonamides is 1. The molecule has 4 aromatic rings. The Labute approximate surface area is 200 Å².